The van der Waals surface area contributed by atoms with E-state index in [2.05, 4.69) is 35.8 Å². The van der Waals surface area contributed by atoms with Gasteiger partial charge in [0.05, 0.1) is 17.7 Å². The maximum Gasteiger partial charge on any atom is 0.253 e. The van der Waals surface area contributed by atoms with E-state index in [1.54, 1.807) is 23.8 Å². The van der Waals surface area contributed by atoms with Gasteiger partial charge in [-0.2, -0.15) is 0 Å². The van der Waals surface area contributed by atoms with E-state index in [1.807, 2.05) is 30.3 Å². The number of hydrogen-bond acceptors (Lipinski definition) is 5. The number of aromatic nitrogens is 1. The summed E-state index contributed by atoms with van der Waals surface area (Å²) >= 11 is 0. The fraction of sp³-hybridized carbons (Fsp3) is 0.514. The molecule has 44 heavy (non-hydrogen) atoms. The third-order valence-electron chi connectivity index (χ3n) is 10.1. The Morgan fingerprint density at radius 1 is 1.05 bits per heavy atom. The molecule has 0 radical (unpaired) electrons. The standard InChI is InChI=1S/C37H47N3O4/c1-3-26-15-16-34-30(20-26)32(22-37(44-34)17-9-10-18-37)38-23-33(41)31(21-27-11-5-4-6-12-27)39-35(42)28-19-25(2)36(43)40(24-28)29-13-7-8-14-29/h4-6,11-12,15-16,19-20,24,29,31-33,38,41H,3,7-10,13-14,17-18,21-23H2,1-2H3,(H,39,42)/t31-,32?,33+/m0/s1. The van der Waals surface area contributed by atoms with Gasteiger partial charge in [0.2, 0.25) is 0 Å². The number of nitrogens with zero attached hydrogens (tertiary/aromatic N) is 1. The van der Waals surface area contributed by atoms with Crippen LogP contribution < -0.4 is 20.9 Å². The number of nitrogens with one attached hydrogen (secondary N) is 2. The predicted octanol–water partition coefficient (Wildman–Crippen LogP) is 5.96. The minimum absolute atomic E-state index is 0.0264. The zero-order valence-corrected chi connectivity index (χ0v) is 26.2. The van der Waals surface area contributed by atoms with Gasteiger partial charge in [0.25, 0.3) is 11.5 Å². The van der Waals surface area contributed by atoms with Crippen LogP contribution in [0.1, 0.15) is 109 Å². The first-order chi connectivity index (χ1) is 21.3. The summed E-state index contributed by atoms with van der Waals surface area (Å²) in [5, 5.41) is 18.5. The first-order valence-corrected chi connectivity index (χ1v) is 16.6. The fourth-order valence-electron chi connectivity index (χ4n) is 7.58. The van der Waals surface area contributed by atoms with Crippen molar-refractivity contribution in [2.45, 2.75) is 114 Å². The van der Waals surface area contributed by atoms with Crippen LogP contribution in [-0.4, -0.2) is 39.9 Å². The normalized spacial score (nSPS) is 20.7. The number of pyridine rings is 1. The first-order valence-electron chi connectivity index (χ1n) is 16.6. The van der Waals surface area contributed by atoms with Crippen LogP contribution in [0.2, 0.25) is 0 Å². The predicted molar refractivity (Wildman–Crippen MR) is 173 cm³/mol. The number of fused-ring (bicyclic) bond motifs is 1. The van der Waals surface area contributed by atoms with Gasteiger partial charge in [-0.05, 0) is 81.5 Å². The molecule has 1 unspecified atom stereocenters. The first kappa shape index (κ1) is 30.6. The summed E-state index contributed by atoms with van der Waals surface area (Å²) < 4.78 is 8.38. The van der Waals surface area contributed by atoms with Gasteiger partial charge in [-0.3, -0.25) is 9.59 Å². The van der Waals surface area contributed by atoms with Crippen LogP contribution in [0.4, 0.5) is 0 Å². The van der Waals surface area contributed by atoms with E-state index in [9.17, 15) is 14.7 Å². The summed E-state index contributed by atoms with van der Waals surface area (Å²) in [6.45, 7) is 4.26. The van der Waals surface area contributed by atoms with E-state index in [1.165, 1.54) is 18.4 Å². The molecule has 2 aliphatic carbocycles. The summed E-state index contributed by atoms with van der Waals surface area (Å²) in [6, 6.07) is 17.8. The van der Waals surface area contributed by atoms with Crippen molar-refractivity contribution in [1.29, 1.82) is 0 Å². The molecule has 3 aliphatic rings. The molecule has 234 valence electrons. The zero-order chi connectivity index (χ0) is 30.7. The highest BCUT2D eigenvalue weighted by Gasteiger charge is 2.43. The highest BCUT2D eigenvalue weighted by molar-refractivity contribution is 5.94. The van der Waals surface area contributed by atoms with Crippen LogP contribution in [0, 0.1) is 6.92 Å². The molecule has 3 aromatic rings. The molecule has 1 spiro atoms. The number of aliphatic hydroxyl groups is 1. The van der Waals surface area contributed by atoms with Gasteiger partial charge in [-0.15, -0.1) is 0 Å². The number of ether oxygens (including phenoxy) is 1. The molecule has 0 saturated heterocycles. The zero-order valence-electron chi connectivity index (χ0n) is 26.2. The van der Waals surface area contributed by atoms with Crippen molar-refractivity contribution in [3.05, 3.63) is 99.0 Å². The number of amides is 1. The van der Waals surface area contributed by atoms with E-state index < -0.39 is 12.1 Å². The highest BCUT2D eigenvalue weighted by Crippen LogP contribution is 2.47. The van der Waals surface area contributed by atoms with Crippen molar-refractivity contribution < 1.29 is 14.6 Å². The molecular formula is C37H47N3O4. The van der Waals surface area contributed by atoms with Gasteiger partial charge in [-0.25, -0.2) is 0 Å². The monoisotopic (exact) mass is 597 g/mol. The Kier molecular flexibility index (Phi) is 9.24. The molecule has 2 fully saturated rings. The van der Waals surface area contributed by atoms with E-state index in [0.717, 1.165) is 68.2 Å². The smallest absolute Gasteiger partial charge is 0.253 e. The average molecular weight is 598 g/mol. The summed E-state index contributed by atoms with van der Waals surface area (Å²) in [5.41, 5.74) is 4.31. The summed E-state index contributed by atoms with van der Waals surface area (Å²) in [7, 11) is 0. The SMILES string of the molecule is CCc1ccc2c(c1)C(NC[C@@H](O)[C@H](Cc1ccccc1)NC(=O)c1cc(C)c(=O)n(C3CCCC3)c1)CC1(CCCC1)O2. The van der Waals surface area contributed by atoms with E-state index >= 15 is 0 Å². The second-order valence-electron chi connectivity index (χ2n) is 13.3. The number of carbonyl (C=O) groups is 1. The number of aliphatic hydroxyl groups excluding tert-OH is 1. The van der Waals surface area contributed by atoms with Gasteiger partial charge in [0, 0.05) is 42.4 Å². The number of carbonyl (C=O) groups excluding carboxylic acids is 1. The lowest BCUT2D eigenvalue weighted by Gasteiger charge is -2.41. The Morgan fingerprint density at radius 2 is 1.80 bits per heavy atom. The molecule has 1 amide bonds. The molecule has 2 heterocycles. The quantitative estimate of drug-likeness (QED) is 0.268. The maximum atomic E-state index is 13.7. The van der Waals surface area contributed by atoms with Crippen LogP contribution in [0.15, 0.2) is 65.6 Å². The minimum Gasteiger partial charge on any atom is -0.487 e. The van der Waals surface area contributed by atoms with Gasteiger partial charge in [0.15, 0.2) is 0 Å². The summed E-state index contributed by atoms with van der Waals surface area (Å²) in [5.74, 6) is 0.679. The van der Waals surface area contributed by atoms with Crippen molar-refractivity contribution in [3.8, 4) is 5.75 Å². The van der Waals surface area contributed by atoms with Gasteiger partial charge in [0.1, 0.15) is 11.4 Å². The molecule has 3 N–H and O–H groups in total. The largest absolute Gasteiger partial charge is 0.487 e. The van der Waals surface area contributed by atoms with Gasteiger partial charge >= 0.3 is 0 Å². The van der Waals surface area contributed by atoms with Crippen molar-refractivity contribution in [2.75, 3.05) is 6.54 Å². The number of aryl methyl sites for hydroxylation is 2. The lowest BCUT2D eigenvalue weighted by Crippen LogP contribution is -2.50. The van der Waals surface area contributed by atoms with Crippen molar-refractivity contribution in [2.24, 2.45) is 0 Å². The topological polar surface area (TPSA) is 92.6 Å². The molecule has 0 bridgehead atoms. The Balaban J connectivity index is 1.22. The van der Waals surface area contributed by atoms with Crippen molar-refractivity contribution in [1.82, 2.24) is 15.2 Å². The summed E-state index contributed by atoms with van der Waals surface area (Å²) in [4.78, 5) is 26.6. The third kappa shape index (κ3) is 6.64. The van der Waals surface area contributed by atoms with Crippen LogP contribution >= 0.6 is 0 Å². The van der Waals surface area contributed by atoms with Crippen LogP contribution in [0.25, 0.3) is 0 Å². The van der Waals surface area contributed by atoms with Crippen LogP contribution in [0.3, 0.4) is 0 Å². The van der Waals surface area contributed by atoms with Crippen molar-refractivity contribution in [3.63, 3.8) is 0 Å². The fourth-order valence-corrected chi connectivity index (χ4v) is 7.58. The molecule has 3 atom stereocenters. The lowest BCUT2D eigenvalue weighted by atomic mass is 9.85. The Bertz CT molecular complexity index is 1500. The number of benzene rings is 2. The summed E-state index contributed by atoms with van der Waals surface area (Å²) in [6.07, 6.45) is 11.8. The molecule has 2 saturated carbocycles. The lowest BCUT2D eigenvalue weighted by molar-refractivity contribution is 0.0326. The Labute approximate surface area is 261 Å². The Hall–Kier alpha value is -3.42. The second kappa shape index (κ2) is 13.3. The van der Waals surface area contributed by atoms with E-state index in [0.29, 0.717) is 24.1 Å². The molecule has 7 heteroatoms. The minimum atomic E-state index is -0.832. The Morgan fingerprint density at radius 3 is 2.52 bits per heavy atom. The van der Waals surface area contributed by atoms with Gasteiger partial charge in [-0.1, -0.05) is 62.2 Å². The average Bonchev–Trinajstić information content (AvgIpc) is 3.74. The molecule has 1 aromatic heterocycles. The van der Waals surface area contributed by atoms with E-state index in [-0.39, 0.29) is 29.2 Å². The number of rotatable bonds is 10. The maximum absolute atomic E-state index is 13.7. The highest BCUT2D eigenvalue weighted by atomic mass is 16.5. The molecule has 6 rings (SSSR count). The number of hydrogen-bond donors (Lipinski definition) is 3. The third-order valence-corrected chi connectivity index (χ3v) is 10.1. The van der Waals surface area contributed by atoms with Crippen LogP contribution in [0.5, 0.6) is 5.75 Å². The molecule has 1 aliphatic heterocycles. The molecule has 7 nitrogen and oxygen atoms in total. The molecule has 2 aromatic carbocycles. The molecular weight excluding hydrogens is 550 g/mol. The van der Waals surface area contributed by atoms with Crippen LogP contribution in [-0.2, 0) is 12.8 Å². The van der Waals surface area contributed by atoms with Crippen molar-refractivity contribution >= 4 is 5.91 Å². The van der Waals surface area contributed by atoms with E-state index in [4.69, 9.17) is 4.74 Å². The second-order valence-corrected chi connectivity index (χ2v) is 13.3. The van der Waals surface area contributed by atoms with Gasteiger partial charge < -0.3 is 25.0 Å².